The zero-order chi connectivity index (χ0) is 17.5. The van der Waals surface area contributed by atoms with Gasteiger partial charge in [-0.1, -0.05) is 34.1 Å². The molecule has 2 aromatic carbocycles. The van der Waals surface area contributed by atoms with E-state index in [-0.39, 0.29) is 12.6 Å². The first kappa shape index (κ1) is 17.2. The number of esters is 1. The Balaban J connectivity index is 1.66. The summed E-state index contributed by atoms with van der Waals surface area (Å²) in [6.45, 7) is 0.722. The van der Waals surface area contributed by atoms with Gasteiger partial charge in [0, 0.05) is 16.9 Å². The molecule has 1 unspecified atom stereocenters. The Morgan fingerprint density at radius 1 is 1.12 bits per heavy atom. The van der Waals surface area contributed by atoms with E-state index in [0.29, 0.717) is 12.1 Å². The predicted molar refractivity (Wildman–Crippen MR) is 97.5 cm³/mol. The maximum atomic E-state index is 12.4. The molecule has 0 radical (unpaired) electrons. The molecule has 0 saturated heterocycles. The van der Waals surface area contributed by atoms with E-state index in [9.17, 15) is 4.79 Å². The van der Waals surface area contributed by atoms with Crippen LogP contribution in [0.3, 0.4) is 0 Å². The normalized spacial score (nSPS) is 11.7. The van der Waals surface area contributed by atoms with Gasteiger partial charge in [-0.15, -0.1) is 0 Å². The van der Waals surface area contributed by atoms with Crippen LogP contribution in [0.2, 0.25) is 0 Å². The molecule has 0 aliphatic heterocycles. The molecule has 128 valence electrons. The van der Waals surface area contributed by atoms with Gasteiger partial charge in [0.05, 0.1) is 18.4 Å². The summed E-state index contributed by atoms with van der Waals surface area (Å²) >= 11 is 3.35. The molecule has 3 aromatic rings. The monoisotopic (exact) mass is 400 g/mol. The van der Waals surface area contributed by atoms with Crippen molar-refractivity contribution in [2.45, 2.75) is 12.6 Å². The van der Waals surface area contributed by atoms with Crippen molar-refractivity contribution in [2.24, 2.45) is 0 Å². The lowest BCUT2D eigenvalue weighted by atomic mass is 10.2. The zero-order valence-corrected chi connectivity index (χ0v) is 15.0. The quantitative estimate of drug-likeness (QED) is 0.563. The summed E-state index contributed by atoms with van der Waals surface area (Å²) < 4.78 is 14.2. The molecule has 1 aromatic heterocycles. The van der Waals surface area contributed by atoms with E-state index in [1.165, 1.54) is 0 Å². The third kappa shape index (κ3) is 5.19. The van der Waals surface area contributed by atoms with E-state index in [4.69, 9.17) is 9.47 Å². The number of nitrogens with zero attached hydrogens (tertiary/aromatic N) is 2. The first-order chi connectivity index (χ1) is 12.2. The van der Waals surface area contributed by atoms with Crippen molar-refractivity contribution in [3.05, 3.63) is 83.4 Å². The number of ether oxygens (including phenoxy) is 2. The van der Waals surface area contributed by atoms with Crippen molar-refractivity contribution >= 4 is 21.9 Å². The summed E-state index contributed by atoms with van der Waals surface area (Å²) in [7, 11) is 0. The fourth-order valence-corrected chi connectivity index (χ4v) is 2.53. The highest BCUT2D eigenvalue weighted by molar-refractivity contribution is 9.10. The first-order valence-corrected chi connectivity index (χ1v) is 8.60. The Hall–Kier alpha value is -2.60. The van der Waals surface area contributed by atoms with E-state index < -0.39 is 6.10 Å². The predicted octanol–water partition coefficient (Wildman–Crippen LogP) is 3.95. The SMILES string of the molecule is O=C(OC(COc1ccccc1)Cn1ccnc1)c1ccc(Br)cc1. The van der Waals surface area contributed by atoms with Crippen molar-refractivity contribution in [1.29, 1.82) is 0 Å². The fourth-order valence-electron chi connectivity index (χ4n) is 2.27. The van der Waals surface area contributed by atoms with Gasteiger partial charge in [0.25, 0.3) is 0 Å². The lowest BCUT2D eigenvalue weighted by molar-refractivity contribution is 0.0125. The average Bonchev–Trinajstić information content (AvgIpc) is 3.14. The Morgan fingerprint density at radius 3 is 2.56 bits per heavy atom. The van der Waals surface area contributed by atoms with Crippen LogP contribution < -0.4 is 4.74 Å². The third-order valence-electron chi connectivity index (χ3n) is 3.51. The number of para-hydroxylation sites is 1. The Bertz CT molecular complexity index is 789. The summed E-state index contributed by atoms with van der Waals surface area (Å²) in [4.78, 5) is 16.4. The van der Waals surface area contributed by atoms with Gasteiger partial charge in [-0.3, -0.25) is 0 Å². The van der Waals surface area contributed by atoms with Crippen LogP contribution in [-0.4, -0.2) is 28.2 Å². The van der Waals surface area contributed by atoms with Gasteiger partial charge in [-0.05, 0) is 36.4 Å². The van der Waals surface area contributed by atoms with Crippen LogP contribution in [0.25, 0.3) is 0 Å². The highest BCUT2D eigenvalue weighted by Crippen LogP contribution is 2.14. The maximum absolute atomic E-state index is 12.4. The van der Waals surface area contributed by atoms with Crippen molar-refractivity contribution in [3.8, 4) is 5.75 Å². The van der Waals surface area contributed by atoms with Crippen LogP contribution in [0.4, 0.5) is 0 Å². The second-order valence-electron chi connectivity index (χ2n) is 5.42. The highest BCUT2D eigenvalue weighted by Gasteiger charge is 2.18. The number of rotatable bonds is 7. The lowest BCUT2D eigenvalue weighted by Crippen LogP contribution is -2.29. The van der Waals surface area contributed by atoms with Crippen LogP contribution in [0.15, 0.2) is 77.8 Å². The van der Waals surface area contributed by atoms with Gasteiger partial charge in [0.15, 0.2) is 6.10 Å². The van der Waals surface area contributed by atoms with Crippen LogP contribution >= 0.6 is 15.9 Å². The standard InChI is InChI=1S/C19H17BrN2O3/c20-16-8-6-15(7-9-16)19(23)25-18(12-22-11-10-21-14-22)13-24-17-4-2-1-3-5-17/h1-11,14,18H,12-13H2. The molecule has 0 bridgehead atoms. The lowest BCUT2D eigenvalue weighted by Gasteiger charge is -2.19. The molecule has 0 saturated carbocycles. The number of benzene rings is 2. The number of aromatic nitrogens is 2. The van der Waals surface area contributed by atoms with E-state index >= 15 is 0 Å². The second-order valence-corrected chi connectivity index (χ2v) is 6.33. The van der Waals surface area contributed by atoms with Crippen LogP contribution in [0, 0.1) is 0 Å². The van der Waals surface area contributed by atoms with Gasteiger partial charge in [0.1, 0.15) is 12.4 Å². The van der Waals surface area contributed by atoms with Gasteiger partial charge in [-0.25, -0.2) is 9.78 Å². The second kappa shape index (κ2) is 8.48. The molecule has 25 heavy (non-hydrogen) atoms. The molecule has 0 amide bonds. The minimum atomic E-state index is -0.439. The Morgan fingerprint density at radius 2 is 1.88 bits per heavy atom. The largest absolute Gasteiger partial charge is 0.490 e. The summed E-state index contributed by atoms with van der Waals surface area (Å²) in [5.74, 6) is 0.354. The van der Waals surface area contributed by atoms with E-state index in [2.05, 4.69) is 20.9 Å². The number of halogens is 1. The molecule has 0 spiro atoms. The fraction of sp³-hybridized carbons (Fsp3) is 0.158. The Labute approximate surface area is 154 Å². The average molecular weight is 401 g/mol. The summed E-state index contributed by atoms with van der Waals surface area (Å²) in [6, 6.07) is 16.5. The molecule has 0 aliphatic rings. The first-order valence-electron chi connectivity index (χ1n) is 7.81. The molecule has 1 heterocycles. The van der Waals surface area contributed by atoms with E-state index in [1.54, 1.807) is 24.7 Å². The topological polar surface area (TPSA) is 53.4 Å². The molecular formula is C19H17BrN2O3. The van der Waals surface area contributed by atoms with Gasteiger partial charge in [0.2, 0.25) is 0 Å². The van der Waals surface area contributed by atoms with Crippen molar-refractivity contribution in [3.63, 3.8) is 0 Å². The smallest absolute Gasteiger partial charge is 0.338 e. The summed E-state index contributed by atoms with van der Waals surface area (Å²) in [6.07, 6.45) is 4.75. The summed E-state index contributed by atoms with van der Waals surface area (Å²) in [5.41, 5.74) is 0.499. The summed E-state index contributed by atoms with van der Waals surface area (Å²) in [5, 5.41) is 0. The van der Waals surface area contributed by atoms with E-state index in [1.807, 2.05) is 53.2 Å². The van der Waals surface area contributed by atoms with Gasteiger partial charge in [-0.2, -0.15) is 0 Å². The van der Waals surface area contributed by atoms with Crippen molar-refractivity contribution in [2.75, 3.05) is 6.61 Å². The third-order valence-corrected chi connectivity index (χ3v) is 4.04. The number of imidazole rings is 1. The molecule has 3 rings (SSSR count). The van der Waals surface area contributed by atoms with Gasteiger partial charge < -0.3 is 14.0 Å². The highest BCUT2D eigenvalue weighted by atomic mass is 79.9. The molecule has 6 heteroatoms. The molecule has 1 atom stereocenters. The van der Waals surface area contributed by atoms with Crippen LogP contribution in [0.1, 0.15) is 10.4 Å². The van der Waals surface area contributed by atoms with Crippen molar-refractivity contribution in [1.82, 2.24) is 9.55 Å². The zero-order valence-electron chi connectivity index (χ0n) is 13.4. The molecule has 5 nitrogen and oxygen atoms in total. The number of carbonyl (C=O) groups is 1. The minimum absolute atomic E-state index is 0.254. The van der Waals surface area contributed by atoms with E-state index in [0.717, 1.165) is 10.2 Å². The number of carbonyl (C=O) groups excluding carboxylic acids is 1. The molecular weight excluding hydrogens is 384 g/mol. The molecule has 0 N–H and O–H groups in total. The van der Waals surface area contributed by atoms with Gasteiger partial charge >= 0.3 is 5.97 Å². The van der Waals surface area contributed by atoms with Crippen molar-refractivity contribution < 1.29 is 14.3 Å². The Kier molecular flexibility index (Phi) is 5.85. The molecule has 0 aliphatic carbocycles. The van der Waals surface area contributed by atoms with Crippen LogP contribution in [0.5, 0.6) is 5.75 Å². The number of hydrogen-bond donors (Lipinski definition) is 0. The maximum Gasteiger partial charge on any atom is 0.338 e. The number of hydrogen-bond acceptors (Lipinski definition) is 4. The minimum Gasteiger partial charge on any atom is -0.490 e. The van der Waals surface area contributed by atoms with Crippen LogP contribution in [-0.2, 0) is 11.3 Å². The molecule has 0 fully saturated rings.